The number of nitrogens with zero attached hydrogens (tertiary/aromatic N) is 1. The molecule has 1 aromatic rings. The molecule has 1 aromatic carbocycles. The van der Waals surface area contributed by atoms with E-state index in [2.05, 4.69) is 9.47 Å². The summed E-state index contributed by atoms with van der Waals surface area (Å²) in [4.78, 5) is 10.6. The number of nitriles is 1. The van der Waals surface area contributed by atoms with Gasteiger partial charge in [-0.15, -0.1) is 13.2 Å². The number of carboxylic acid groups (broad SMARTS) is 1. The van der Waals surface area contributed by atoms with Gasteiger partial charge in [0, 0.05) is 6.07 Å². The van der Waals surface area contributed by atoms with Crippen LogP contribution in [0.15, 0.2) is 12.1 Å². The third-order valence-corrected chi connectivity index (χ3v) is 2.06. The molecule has 10 heteroatoms. The highest BCUT2D eigenvalue weighted by Crippen LogP contribution is 2.33. The van der Waals surface area contributed by atoms with E-state index >= 15 is 0 Å². The molecule has 0 aliphatic heterocycles. The maximum Gasteiger partial charge on any atom is 0.573 e. The van der Waals surface area contributed by atoms with Gasteiger partial charge in [-0.2, -0.15) is 14.0 Å². The summed E-state index contributed by atoms with van der Waals surface area (Å²) in [6, 6.07) is 2.46. The number of hydrogen-bond acceptors (Lipinski definition) is 4. The van der Waals surface area contributed by atoms with Gasteiger partial charge in [0.15, 0.2) is 0 Å². The zero-order valence-corrected chi connectivity index (χ0v) is 9.95. The molecular weight excluding hydrogens is 305 g/mol. The lowest BCUT2D eigenvalue weighted by Crippen LogP contribution is -2.18. The molecule has 1 rings (SSSR count). The van der Waals surface area contributed by atoms with Gasteiger partial charge in [-0.25, -0.2) is 0 Å². The largest absolute Gasteiger partial charge is 0.573 e. The summed E-state index contributed by atoms with van der Waals surface area (Å²) in [7, 11) is 0. The first-order chi connectivity index (χ1) is 9.62. The lowest BCUT2D eigenvalue weighted by atomic mass is 10.0. The molecule has 5 nitrogen and oxygen atoms in total. The number of hydrogen-bond donors (Lipinski definition) is 1. The monoisotopic (exact) mass is 311 g/mol. The molecule has 0 aliphatic rings. The van der Waals surface area contributed by atoms with Crippen LogP contribution in [0.2, 0.25) is 0 Å². The highest BCUT2D eigenvalue weighted by atomic mass is 19.4. The summed E-state index contributed by atoms with van der Waals surface area (Å²) in [6.07, 6.45) is -5.98. The molecule has 0 spiro atoms. The molecule has 0 aromatic heterocycles. The van der Waals surface area contributed by atoms with Crippen LogP contribution in [-0.2, 0) is 11.2 Å². The molecule has 0 atom stereocenters. The van der Waals surface area contributed by atoms with Crippen molar-refractivity contribution in [1.82, 2.24) is 0 Å². The number of ether oxygens (including phenoxy) is 2. The Morgan fingerprint density at radius 2 is 2.00 bits per heavy atom. The second-order valence-corrected chi connectivity index (χ2v) is 3.56. The van der Waals surface area contributed by atoms with E-state index in [4.69, 9.17) is 10.4 Å². The van der Waals surface area contributed by atoms with E-state index < -0.39 is 48.0 Å². The van der Waals surface area contributed by atoms with Gasteiger partial charge in [0.25, 0.3) is 0 Å². The Morgan fingerprint density at radius 3 is 2.43 bits per heavy atom. The fraction of sp³-hybridized carbons (Fsp3) is 0.273. The van der Waals surface area contributed by atoms with Crippen LogP contribution in [0.25, 0.3) is 0 Å². The molecule has 1 N–H and O–H groups in total. The van der Waals surface area contributed by atoms with Crippen LogP contribution in [0.5, 0.6) is 11.5 Å². The van der Waals surface area contributed by atoms with E-state index in [1.165, 1.54) is 6.07 Å². The minimum atomic E-state index is -5.11. The van der Waals surface area contributed by atoms with Crippen LogP contribution in [0.3, 0.4) is 0 Å². The van der Waals surface area contributed by atoms with Crippen molar-refractivity contribution in [2.24, 2.45) is 0 Å². The predicted octanol–water partition coefficient (Wildman–Crippen LogP) is 2.69. The van der Waals surface area contributed by atoms with Crippen molar-refractivity contribution in [2.45, 2.75) is 19.4 Å². The Kier molecular flexibility index (Phi) is 4.91. The molecule has 0 unspecified atom stereocenters. The second-order valence-electron chi connectivity index (χ2n) is 3.56. The topological polar surface area (TPSA) is 79.6 Å². The van der Waals surface area contributed by atoms with E-state index in [1.807, 2.05) is 0 Å². The van der Waals surface area contributed by atoms with E-state index in [0.29, 0.717) is 12.1 Å². The summed E-state index contributed by atoms with van der Waals surface area (Å²) < 4.78 is 68.2. The van der Waals surface area contributed by atoms with Crippen LogP contribution in [-0.4, -0.2) is 24.0 Å². The lowest BCUT2D eigenvalue weighted by Gasteiger charge is -2.14. The lowest BCUT2D eigenvalue weighted by molar-refractivity contribution is -0.274. The molecule has 0 bridgehead atoms. The van der Waals surface area contributed by atoms with Crippen molar-refractivity contribution in [2.75, 3.05) is 0 Å². The molecule has 0 amide bonds. The first-order valence-corrected chi connectivity index (χ1v) is 5.11. The smallest absolute Gasteiger partial charge is 0.481 e. The van der Waals surface area contributed by atoms with Crippen molar-refractivity contribution in [3.05, 3.63) is 23.3 Å². The molecule has 0 fully saturated rings. The Balaban J connectivity index is 3.35. The zero-order chi connectivity index (χ0) is 16.2. The van der Waals surface area contributed by atoms with E-state index in [9.17, 15) is 26.7 Å². The highest BCUT2D eigenvalue weighted by molar-refractivity contribution is 5.72. The molecule has 0 radical (unpaired) electrons. The fourth-order valence-corrected chi connectivity index (χ4v) is 1.46. The highest BCUT2D eigenvalue weighted by Gasteiger charge is 2.32. The zero-order valence-electron chi connectivity index (χ0n) is 9.95. The molecule has 21 heavy (non-hydrogen) atoms. The Labute approximate surface area is 114 Å². The van der Waals surface area contributed by atoms with E-state index in [-0.39, 0.29) is 0 Å². The van der Waals surface area contributed by atoms with Crippen molar-refractivity contribution in [1.29, 1.82) is 5.26 Å². The van der Waals surface area contributed by atoms with Crippen LogP contribution >= 0.6 is 0 Å². The summed E-state index contributed by atoms with van der Waals surface area (Å²) in [5, 5.41) is 17.4. The Hall–Kier alpha value is -2.57. The first-order valence-electron chi connectivity index (χ1n) is 5.11. The molecule has 114 valence electrons. The summed E-state index contributed by atoms with van der Waals surface area (Å²) in [5.41, 5.74) is -1.05. The van der Waals surface area contributed by atoms with Crippen LogP contribution in [0, 0.1) is 11.3 Å². The summed E-state index contributed by atoms with van der Waals surface area (Å²) in [6.45, 7) is -3.41. The molecular formula is C11H6F5NO4. The predicted molar refractivity (Wildman–Crippen MR) is 55.8 cm³/mol. The number of halogens is 5. The van der Waals surface area contributed by atoms with Crippen molar-refractivity contribution in [3.8, 4) is 17.6 Å². The quantitative estimate of drug-likeness (QED) is 0.846. The number of alkyl halides is 5. The summed E-state index contributed by atoms with van der Waals surface area (Å²) in [5.74, 6) is -3.34. The Bertz CT molecular complexity index is 579. The average molecular weight is 311 g/mol. The average Bonchev–Trinajstić information content (AvgIpc) is 2.24. The maximum atomic E-state index is 12.2. The van der Waals surface area contributed by atoms with Gasteiger partial charge >= 0.3 is 18.9 Å². The standard InChI is InChI=1S/C11H6F5NO4/c12-10(13)20-8-3-6(21-11(14,15)16)1-5(2-9(18)19)7(8)4-17/h1,3,10H,2H2,(H,18,19). The van der Waals surface area contributed by atoms with Gasteiger partial charge in [-0.3, -0.25) is 4.79 Å². The minimum absolute atomic E-state index is 0.434. The minimum Gasteiger partial charge on any atom is -0.481 e. The summed E-state index contributed by atoms with van der Waals surface area (Å²) >= 11 is 0. The van der Waals surface area contributed by atoms with Gasteiger partial charge < -0.3 is 14.6 Å². The van der Waals surface area contributed by atoms with Gasteiger partial charge in [0.2, 0.25) is 0 Å². The van der Waals surface area contributed by atoms with Crippen LogP contribution in [0.1, 0.15) is 11.1 Å². The van der Waals surface area contributed by atoms with Crippen LogP contribution in [0.4, 0.5) is 22.0 Å². The number of benzene rings is 1. The fourth-order valence-electron chi connectivity index (χ4n) is 1.46. The van der Waals surface area contributed by atoms with Crippen molar-refractivity contribution < 1.29 is 41.3 Å². The normalized spacial score (nSPS) is 11.1. The third-order valence-electron chi connectivity index (χ3n) is 2.06. The molecule has 0 saturated carbocycles. The second kappa shape index (κ2) is 6.25. The third kappa shape index (κ3) is 5.13. The van der Waals surface area contributed by atoms with E-state index in [1.54, 1.807) is 0 Å². The van der Waals surface area contributed by atoms with Gasteiger partial charge in [0.1, 0.15) is 17.6 Å². The SMILES string of the molecule is N#Cc1c(CC(=O)O)cc(OC(F)(F)F)cc1OC(F)F. The molecule has 0 saturated heterocycles. The van der Waals surface area contributed by atoms with E-state index in [0.717, 1.165) is 0 Å². The van der Waals surface area contributed by atoms with Gasteiger partial charge in [-0.05, 0) is 11.6 Å². The number of carboxylic acids is 1. The van der Waals surface area contributed by atoms with Crippen molar-refractivity contribution >= 4 is 5.97 Å². The van der Waals surface area contributed by atoms with Gasteiger partial charge in [-0.1, -0.05) is 0 Å². The molecule has 0 aliphatic carbocycles. The van der Waals surface area contributed by atoms with Crippen LogP contribution < -0.4 is 9.47 Å². The molecule has 0 heterocycles. The first kappa shape index (κ1) is 16.5. The number of rotatable bonds is 5. The van der Waals surface area contributed by atoms with Gasteiger partial charge in [0.05, 0.1) is 12.0 Å². The number of aliphatic carboxylic acids is 1. The van der Waals surface area contributed by atoms with Crippen molar-refractivity contribution in [3.63, 3.8) is 0 Å². The maximum absolute atomic E-state index is 12.2. The Morgan fingerprint density at radius 1 is 1.38 bits per heavy atom. The number of carbonyl (C=O) groups is 1.